The number of aromatic nitrogens is 3. The van der Waals surface area contributed by atoms with Gasteiger partial charge in [-0.05, 0) is 49.4 Å². The van der Waals surface area contributed by atoms with E-state index in [0.29, 0.717) is 12.4 Å². The first kappa shape index (κ1) is 19.0. The highest BCUT2D eigenvalue weighted by molar-refractivity contribution is 5.55. The smallest absolute Gasteiger partial charge is 0.254 e. The summed E-state index contributed by atoms with van der Waals surface area (Å²) < 4.78 is 0. The number of piperidine rings is 1. The van der Waals surface area contributed by atoms with Crippen LogP contribution in [0.1, 0.15) is 36.1 Å². The van der Waals surface area contributed by atoms with Crippen LogP contribution in [-0.2, 0) is 19.5 Å². The van der Waals surface area contributed by atoms with Crippen LogP contribution in [0.5, 0.6) is 0 Å². The number of fused-ring (bicyclic) bond motifs is 1. The predicted octanol–water partition coefficient (Wildman–Crippen LogP) is 3.38. The standard InChI is InChI=1S/C24H27N5O/c30-24-20-10-15-28(17-21(20)26-23(27-24)18-8-11-25-12-9-18)16-19-6-2-3-7-22(19)29-13-4-1-5-14-29/h2-3,6-9,11-12H,1,4-5,10,13-17H2,(H,26,27,30). The average molecular weight is 402 g/mol. The molecule has 0 amide bonds. The summed E-state index contributed by atoms with van der Waals surface area (Å²) in [7, 11) is 0. The zero-order valence-electron chi connectivity index (χ0n) is 17.2. The second-order valence-corrected chi connectivity index (χ2v) is 8.21. The summed E-state index contributed by atoms with van der Waals surface area (Å²) in [6, 6.07) is 12.5. The van der Waals surface area contributed by atoms with Crippen molar-refractivity contribution in [1.82, 2.24) is 19.9 Å². The molecule has 4 heterocycles. The van der Waals surface area contributed by atoms with Crippen LogP contribution >= 0.6 is 0 Å². The number of aromatic amines is 1. The summed E-state index contributed by atoms with van der Waals surface area (Å²) in [6.45, 7) is 4.75. The molecule has 30 heavy (non-hydrogen) atoms. The molecular formula is C24H27N5O. The third kappa shape index (κ3) is 3.87. The van der Waals surface area contributed by atoms with Gasteiger partial charge in [0.2, 0.25) is 0 Å². The minimum atomic E-state index is -0.0137. The number of pyridine rings is 1. The van der Waals surface area contributed by atoms with Crippen LogP contribution in [0.15, 0.2) is 53.6 Å². The minimum Gasteiger partial charge on any atom is -0.371 e. The molecule has 0 aliphatic carbocycles. The minimum absolute atomic E-state index is 0.0137. The van der Waals surface area contributed by atoms with Crippen molar-refractivity contribution >= 4 is 5.69 Å². The van der Waals surface area contributed by atoms with Gasteiger partial charge in [-0.15, -0.1) is 0 Å². The van der Waals surface area contributed by atoms with Gasteiger partial charge in [0.05, 0.1) is 5.69 Å². The summed E-state index contributed by atoms with van der Waals surface area (Å²) in [5, 5.41) is 0. The number of hydrogen-bond donors (Lipinski definition) is 1. The molecule has 2 aliphatic heterocycles. The van der Waals surface area contributed by atoms with Gasteiger partial charge in [-0.3, -0.25) is 14.7 Å². The maximum atomic E-state index is 12.6. The lowest BCUT2D eigenvalue weighted by Gasteiger charge is -2.33. The van der Waals surface area contributed by atoms with E-state index in [1.54, 1.807) is 12.4 Å². The first-order valence-corrected chi connectivity index (χ1v) is 10.9. The Balaban J connectivity index is 1.39. The van der Waals surface area contributed by atoms with E-state index in [0.717, 1.165) is 49.4 Å². The van der Waals surface area contributed by atoms with Gasteiger partial charge in [0.25, 0.3) is 5.56 Å². The monoisotopic (exact) mass is 401 g/mol. The second kappa shape index (κ2) is 8.40. The molecule has 0 radical (unpaired) electrons. The van der Waals surface area contributed by atoms with Crippen LogP contribution < -0.4 is 10.5 Å². The Morgan fingerprint density at radius 3 is 2.60 bits per heavy atom. The zero-order chi connectivity index (χ0) is 20.3. The molecule has 1 N–H and O–H groups in total. The number of hydrogen-bond acceptors (Lipinski definition) is 5. The predicted molar refractivity (Wildman–Crippen MR) is 118 cm³/mol. The molecule has 1 saturated heterocycles. The van der Waals surface area contributed by atoms with Gasteiger partial charge in [0.1, 0.15) is 5.82 Å². The first-order chi connectivity index (χ1) is 14.8. The topological polar surface area (TPSA) is 65.1 Å². The highest BCUT2D eigenvalue weighted by Gasteiger charge is 2.23. The lowest BCUT2D eigenvalue weighted by Crippen LogP contribution is -2.36. The van der Waals surface area contributed by atoms with Crippen molar-refractivity contribution in [2.75, 3.05) is 24.5 Å². The Hall–Kier alpha value is -2.99. The normalized spacial score (nSPS) is 17.0. The van der Waals surface area contributed by atoms with Crippen molar-refractivity contribution in [2.24, 2.45) is 0 Å². The van der Waals surface area contributed by atoms with Crippen LogP contribution in [0, 0.1) is 0 Å². The molecule has 0 bridgehead atoms. The highest BCUT2D eigenvalue weighted by Crippen LogP contribution is 2.27. The molecular weight excluding hydrogens is 374 g/mol. The Labute approximate surface area is 176 Å². The number of H-pyrrole nitrogens is 1. The van der Waals surface area contributed by atoms with E-state index in [1.807, 2.05) is 12.1 Å². The fourth-order valence-corrected chi connectivity index (χ4v) is 4.60. The first-order valence-electron chi connectivity index (χ1n) is 10.9. The number of benzene rings is 1. The molecule has 1 aromatic carbocycles. The molecule has 0 unspecified atom stereocenters. The summed E-state index contributed by atoms with van der Waals surface area (Å²) in [5.74, 6) is 0.622. The second-order valence-electron chi connectivity index (χ2n) is 8.21. The molecule has 6 nitrogen and oxygen atoms in total. The lowest BCUT2D eigenvalue weighted by atomic mass is 10.0. The number of nitrogens with zero attached hydrogens (tertiary/aromatic N) is 4. The van der Waals surface area contributed by atoms with Crippen molar-refractivity contribution in [1.29, 1.82) is 0 Å². The SMILES string of the molecule is O=c1[nH]c(-c2ccncc2)nc2c1CCN(Cc1ccccc1N1CCCCC1)C2. The van der Waals surface area contributed by atoms with E-state index in [4.69, 9.17) is 4.98 Å². The van der Waals surface area contributed by atoms with Gasteiger partial charge in [0.15, 0.2) is 0 Å². The molecule has 6 heteroatoms. The fourth-order valence-electron chi connectivity index (χ4n) is 4.60. The third-order valence-electron chi connectivity index (χ3n) is 6.19. The maximum absolute atomic E-state index is 12.6. The van der Waals surface area contributed by atoms with Crippen LogP contribution in [-0.4, -0.2) is 39.5 Å². The van der Waals surface area contributed by atoms with E-state index >= 15 is 0 Å². The van der Waals surface area contributed by atoms with Crippen molar-refractivity contribution in [3.63, 3.8) is 0 Å². The number of anilines is 1. The van der Waals surface area contributed by atoms with Crippen LogP contribution in [0.2, 0.25) is 0 Å². The molecule has 3 aromatic rings. The van der Waals surface area contributed by atoms with E-state index < -0.39 is 0 Å². The largest absolute Gasteiger partial charge is 0.371 e. The quantitative estimate of drug-likeness (QED) is 0.726. The molecule has 0 spiro atoms. The Bertz CT molecular complexity index is 1070. The molecule has 5 rings (SSSR count). The van der Waals surface area contributed by atoms with Crippen LogP contribution in [0.25, 0.3) is 11.4 Å². The zero-order valence-corrected chi connectivity index (χ0v) is 17.2. The van der Waals surface area contributed by atoms with E-state index in [-0.39, 0.29) is 5.56 Å². The number of para-hydroxylation sites is 1. The molecule has 154 valence electrons. The Morgan fingerprint density at radius 1 is 0.967 bits per heavy atom. The van der Waals surface area contributed by atoms with Crippen molar-refractivity contribution in [3.05, 3.63) is 76.0 Å². The fraction of sp³-hybridized carbons (Fsp3) is 0.375. The summed E-state index contributed by atoms with van der Waals surface area (Å²) in [4.78, 5) is 29.4. The Kier molecular flexibility index (Phi) is 5.32. The van der Waals surface area contributed by atoms with E-state index in [1.165, 1.54) is 30.5 Å². The van der Waals surface area contributed by atoms with Gasteiger partial charge in [-0.25, -0.2) is 4.98 Å². The van der Waals surface area contributed by atoms with E-state index in [2.05, 4.69) is 44.0 Å². The van der Waals surface area contributed by atoms with Crippen molar-refractivity contribution in [2.45, 2.75) is 38.8 Å². The maximum Gasteiger partial charge on any atom is 0.254 e. The van der Waals surface area contributed by atoms with Crippen LogP contribution in [0.4, 0.5) is 5.69 Å². The van der Waals surface area contributed by atoms with Gasteiger partial charge in [0, 0.05) is 61.9 Å². The molecule has 0 saturated carbocycles. The van der Waals surface area contributed by atoms with Gasteiger partial charge >= 0.3 is 0 Å². The van der Waals surface area contributed by atoms with Crippen molar-refractivity contribution in [3.8, 4) is 11.4 Å². The molecule has 0 atom stereocenters. The molecule has 1 fully saturated rings. The van der Waals surface area contributed by atoms with Gasteiger partial charge in [-0.2, -0.15) is 0 Å². The van der Waals surface area contributed by atoms with E-state index in [9.17, 15) is 4.79 Å². The average Bonchev–Trinajstić information content (AvgIpc) is 2.80. The number of nitrogens with one attached hydrogen (secondary N) is 1. The third-order valence-corrected chi connectivity index (χ3v) is 6.19. The summed E-state index contributed by atoms with van der Waals surface area (Å²) in [5.41, 5.74) is 5.32. The molecule has 2 aromatic heterocycles. The van der Waals surface area contributed by atoms with Crippen molar-refractivity contribution < 1.29 is 0 Å². The summed E-state index contributed by atoms with van der Waals surface area (Å²) >= 11 is 0. The highest BCUT2D eigenvalue weighted by atomic mass is 16.1. The Morgan fingerprint density at radius 2 is 1.77 bits per heavy atom. The summed E-state index contributed by atoms with van der Waals surface area (Å²) in [6.07, 6.45) is 8.06. The lowest BCUT2D eigenvalue weighted by molar-refractivity contribution is 0.240. The van der Waals surface area contributed by atoms with Gasteiger partial charge < -0.3 is 9.88 Å². The molecule has 2 aliphatic rings. The van der Waals surface area contributed by atoms with Crippen LogP contribution in [0.3, 0.4) is 0 Å². The number of rotatable bonds is 4. The van der Waals surface area contributed by atoms with Gasteiger partial charge in [-0.1, -0.05) is 18.2 Å².